The molecule has 1 aromatic heterocycles. The molecule has 2 amide bonds. The summed E-state index contributed by atoms with van der Waals surface area (Å²) in [5, 5.41) is 2.81. The van der Waals surface area contributed by atoms with Crippen LogP contribution in [0.1, 0.15) is 23.0 Å². The Bertz CT molecular complexity index is 1590. The lowest BCUT2D eigenvalue weighted by Crippen LogP contribution is -2.39. The molecule has 0 saturated carbocycles. The van der Waals surface area contributed by atoms with Crippen molar-refractivity contribution in [3.63, 3.8) is 0 Å². The lowest BCUT2D eigenvalue weighted by Gasteiger charge is -2.22. The van der Waals surface area contributed by atoms with Crippen molar-refractivity contribution in [1.29, 1.82) is 0 Å². The summed E-state index contributed by atoms with van der Waals surface area (Å²) in [6, 6.07) is 17.4. The second-order valence-electron chi connectivity index (χ2n) is 7.86. The van der Waals surface area contributed by atoms with Crippen LogP contribution in [-0.2, 0) is 19.6 Å². The average Bonchev–Trinajstić information content (AvgIpc) is 3.19. The third kappa shape index (κ3) is 5.16. The molecule has 0 atom stereocenters. The Morgan fingerprint density at radius 2 is 1.62 bits per heavy atom. The second-order valence-corrected chi connectivity index (χ2v) is 9.65. The number of methoxy groups -OCH3 is 1. The van der Waals surface area contributed by atoms with Crippen LogP contribution in [0.4, 0.5) is 16.2 Å². The molecule has 0 aliphatic heterocycles. The number of sulfonamides is 1. The van der Waals surface area contributed by atoms with Gasteiger partial charge in [-0.2, -0.15) is 4.31 Å². The fourth-order valence-electron chi connectivity index (χ4n) is 3.68. The number of nitrogens with one attached hydrogen (secondary N) is 1. The zero-order chi connectivity index (χ0) is 26.7. The first-order valence-electron chi connectivity index (χ1n) is 10.9. The van der Waals surface area contributed by atoms with Crippen molar-refractivity contribution in [3.05, 3.63) is 84.1 Å². The zero-order valence-electron chi connectivity index (χ0n) is 20.0. The minimum absolute atomic E-state index is 0.0923. The molecule has 0 radical (unpaired) electrons. The van der Waals surface area contributed by atoms with E-state index in [9.17, 15) is 22.8 Å². The Kier molecular flexibility index (Phi) is 6.98. The molecule has 0 spiro atoms. The lowest BCUT2D eigenvalue weighted by molar-refractivity contribution is -0.114. The molecule has 0 aliphatic rings. The van der Waals surface area contributed by atoms with Gasteiger partial charge in [-0.1, -0.05) is 18.2 Å². The van der Waals surface area contributed by atoms with E-state index in [4.69, 9.17) is 13.9 Å². The summed E-state index contributed by atoms with van der Waals surface area (Å²) in [6.45, 7) is 2.89. The molecule has 4 rings (SSSR count). The maximum atomic E-state index is 13.7. The summed E-state index contributed by atoms with van der Waals surface area (Å²) >= 11 is 0. The average molecular weight is 523 g/mol. The molecule has 0 saturated heterocycles. The number of hydrogen-bond donors (Lipinski definition) is 1. The molecule has 190 valence electrons. The summed E-state index contributed by atoms with van der Waals surface area (Å²) in [6.07, 6.45) is -1.20. The van der Waals surface area contributed by atoms with Crippen LogP contribution >= 0.6 is 0 Å². The van der Waals surface area contributed by atoms with E-state index in [1.54, 1.807) is 25.1 Å². The number of anilines is 2. The number of carbonyl (C=O) groups is 3. The monoisotopic (exact) mass is 522 g/mol. The minimum Gasteiger partial charge on any atom is -0.465 e. The van der Waals surface area contributed by atoms with Gasteiger partial charge in [-0.3, -0.25) is 4.79 Å². The van der Waals surface area contributed by atoms with Gasteiger partial charge < -0.3 is 19.2 Å². The van der Waals surface area contributed by atoms with Gasteiger partial charge in [0.15, 0.2) is 0 Å². The van der Waals surface area contributed by atoms with Crippen LogP contribution in [0.3, 0.4) is 0 Å². The number of furan rings is 1. The van der Waals surface area contributed by atoms with Gasteiger partial charge in [0.05, 0.1) is 17.7 Å². The van der Waals surface area contributed by atoms with E-state index in [-0.39, 0.29) is 38.9 Å². The number of ether oxygens (including phenoxy) is 2. The predicted molar refractivity (Wildman–Crippen MR) is 135 cm³/mol. The van der Waals surface area contributed by atoms with Crippen molar-refractivity contribution in [2.24, 2.45) is 0 Å². The zero-order valence-corrected chi connectivity index (χ0v) is 20.9. The Hall–Kier alpha value is -4.64. The molecule has 0 aliphatic carbocycles. The first kappa shape index (κ1) is 25.5. The minimum atomic E-state index is -4.52. The highest BCUT2D eigenvalue weighted by atomic mass is 32.2. The number of hydrogen-bond acceptors (Lipinski definition) is 8. The van der Waals surface area contributed by atoms with Crippen LogP contribution in [0.2, 0.25) is 0 Å². The molecule has 10 nitrogen and oxygen atoms in total. The highest BCUT2D eigenvalue weighted by molar-refractivity contribution is 7.93. The molecule has 1 N–H and O–H groups in total. The summed E-state index contributed by atoms with van der Waals surface area (Å²) in [7, 11) is -3.31. The largest absolute Gasteiger partial charge is 0.465 e. The number of carbonyl (C=O) groups excluding carboxylic acids is 3. The molecule has 1 heterocycles. The predicted octanol–water partition coefficient (Wildman–Crippen LogP) is 4.88. The summed E-state index contributed by atoms with van der Waals surface area (Å²) in [5.41, 5.74) is 0.691. The van der Waals surface area contributed by atoms with Crippen molar-refractivity contribution >= 4 is 50.3 Å². The molecule has 0 fully saturated rings. The SMILES string of the molecule is COC(=O)c1c(C)oc2ccc(N(C(=O)Oc3ccccc3)S(=O)(=O)c3ccc(NC(C)=O)cc3)cc12. The first-order valence-corrected chi connectivity index (χ1v) is 12.4. The van der Waals surface area contributed by atoms with E-state index >= 15 is 0 Å². The smallest absolute Gasteiger partial charge is 0.434 e. The van der Waals surface area contributed by atoms with E-state index in [0.717, 1.165) is 0 Å². The number of rotatable bonds is 6. The Morgan fingerprint density at radius 1 is 0.946 bits per heavy atom. The molecule has 3 aromatic carbocycles. The number of para-hydroxylation sites is 1. The Labute approximate surface area is 212 Å². The van der Waals surface area contributed by atoms with Crippen molar-refractivity contribution in [1.82, 2.24) is 0 Å². The van der Waals surface area contributed by atoms with Gasteiger partial charge in [-0.05, 0) is 61.5 Å². The highest BCUT2D eigenvalue weighted by Crippen LogP contribution is 2.33. The quantitative estimate of drug-likeness (QED) is 0.354. The summed E-state index contributed by atoms with van der Waals surface area (Å²) in [5.74, 6) is -0.602. The summed E-state index contributed by atoms with van der Waals surface area (Å²) in [4.78, 5) is 36.8. The van der Waals surface area contributed by atoms with Gasteiger partial charge >= 0.3 is 12.1 Å². The standard InChI is InChI=1S/C26H22N2O8S/c1-16-24(25(30)34-3)22-15-19(11-14-23(22)35-16)28(26(31)36-20-7-5-4-6-8-20)37(32,33)21-12-9-18(10-13-21)27-17(2)29/h4-15H,1-3H3,(H,27,29). The van der Waals surface area contributed by atoms with Crippen molar-refractivity contribution in [2.75, 3.05) is 16.7 Å². The van der Waals surface area contributed by atoms with Crippen LogP contribution in [0.5, 0.6) is 5.75 Å². The van der Waals surface area contributed by atoms with Crippen molar-refractivity contribution in [2.45, 2.75) is 18.7 Å². The van der Waals surface area contributed by atoms with Gasteiger partial charge in [0, 0.05) is 18.0 Å². The molecule has 4 aromatic rings. The molecular formula is C26H22N2O8S. The molecule has 0 unspecified atom stereocenters. The van der Waals surface area contributed by atoms with Gasteiger partial charge in [0.2, 0.25) is 5.91 Å². The van der Waals surface area contributed by atoms with E-state index < -0.39 is 22.1 Å². The molecular weight excluding hydrogens is 500 g/mol. The highest BCUT2D eigenvalue weighted by Gasteiger charge is 2.34. The fraction of sp³-hybridized carbons (Fsp3) is 0.115. The maximum absolute atomic E-state index is 13.7. The van der Waals surface area contributed by atoms with Gasteiger partial charge in [0.25, 0.3) is 10.0 Å². The van der Waals surface area contributed by atoms with Crippen LogP contribution in [0.25, 0.3) is 11.0 Å². The van der Waals surface area contributed by atoms with Crippen LogP contribution in [0.15, 0.2) is 82.1 Å². The number of amides is 2. The molecule has 11 heteroatoms. The van der Waals surface area contributed by atoms with Gasteiger partial charge in [-0.25, -0.2) is 18.0 Å². The van der Waals surface area contributed by atoms with Crippen LogP contribution in [0, 0.1) is 6.92 Å². The number of nitrogens with zero attached hydrogens (tertiary/aromatic N) is 1. The van der Waals surface area contributed by atoms with Crippen LogP contribution < -0.4 is 14.4 Å². The molecule has 0 bridgehead atoms. The van der Waals surface area contributed by atoms with Crippen molar-refractivity contribution < 1.29 is 36.7 Å². The van der Waals surface area contributed by atoms with Crippen LogP contribution in [-0.4, -0.2) is 33.5 Å². The summed E-state index contributed by atoms with van der Waals surface area (Å²) < 4.78 is 43.8. The van der Waals surface area contributed by atoms with E-state index in [1.807, 2.05) is 0 Å². The molecule has 37 heavy (non-hydrogen) atoms. The first-order chi connectivity index (χ1) is 17.6. The number of esters is 1. The fourth-order valence-corrected chi connectivity index (χ4v) is 5.00. The van der Waals surface area contributed by atoms with E-state index in [0.29, 0.717) is 15.6 Å². The normalized spacial score (nSPS) is 11.1. The number of aryl methyl sites for hydroxylation is 1. The van der Waals surface area contributed by atoms with Gasteiger partial charge in [0.1, 0.15) is 22.7 Å². The maximum Gasteiger partial charge on any atom is 0.434 e. The Morgan fingerprint density at radius 3 is 2.24 bits per heavy atom. The lowest BCUT2D eigenvalue weighted by atomic mass is 10.1. The van der Waals surface area contributed by atoms with E-state index in [2.05, 4.69) is 5.32 Å². The third-order valence-electron chi connectivity index (χ3n) is 5.30. The Balaban J connectivity index is 1.84. The van der Waals surface area contributed by atoms with E-state index in [1.165, 1.54) is 68.6 Å². The van der Waals surface area contributed by atoms with Gasteiger partial charge in [-0.15, -0.1) is 0 Å². The number of fused-ring (bicyclic) bond motifs is 1. The third-order valence-corrected chi connectivity index (χ3v) is 7.01. The van der Waals surface area contributed by atoms with Crippen molar-refractivity contribution in [3.8, 4) is 5.75 Å². The topological polar surface area (TPSA) is 132 Å². The second kappa shape index (κ2) is 10.2. The number of benzene rings is 3.